The number of carbonyl (C=O) groups is 1. The summed E-state index contributed by atoms with van der Waals surface area (Å²) in [6.45, 7) is 6.08. The normalized spacial score (nSPS) is 15.1. The Balaban J connectivity index is 4.00. The highest BCUT2D eigenvalue weighted by Crippen LogP contribution is 2.04. The van der Waals surface area contributed by atoms with Crippen LogP contribution < -0.4 is 11.1 Å². The van der Waals surface area contributed by atoms with Gasteiger partial charge in [-0.15, -0.1) is 0 Å². The standard InChI is InChI=1S/C11H24N2O2/c1-4-5-10(12)11(15)13-9(7-14)6-8(2)3/h8-10,14H,4-7,12H2,1-3H3,(H,13,15)/t9?,10-/m1/s1. The second-order valence-electron chi connectivity index (χ2n) is 4.41. The number of rotatable bonds is 7. The van der Waals surface area contributed by atoms with Gasteiger partial charge in [-0.1, -0.05) is 27.2 Å². The second kappa shape index (κ2) is 7.65. The van der Waals surface area contributed by atoms with Crippen LogP contribution in [0.1, 0.15) is 40.0 Å². The first-order valence-corrected chi connectivity index (χ1v) is 5.68. The number of aliphatic hydroxyl groups excluding tert-OH is 1. The van der Waals surface area contributed by atoms with Crippen molar-refractivity contribution in [3.05, 3.63) is 0 Å². The van der Waals surface area contributed by atoms with Crippen LogP contribution in [0.3, 0.4) is 0 Å². The maximum atomic E-state index is 11.5. The van der Waals surface area contributed by atoms with Crippen molar-refractivity contribution in [3.8, 4) is 0 Å². The van der Waals surface area contributed by atoms with Crippen LogP contribution in [-0.4, -0.2) is 29.7 Å². The van der Waals surface area contributed by atoms with E-state index in [1.54, 1.807) is 0 Å². The molecule has 0 spiro atoms. The third-order valence-electron chi connectivity index (χ3n) is 2.26. The molecule has 90 valence electrons. The second-order valence-corrected chi connectivity index (χ2v) is 4.41. The Morgan fingerprint density at radius 2 is 2.07 bits per heavy atom. The number of nitrogens with one attached hydrogen (secondary N) is 1. The minimum atomic E-state index is -0.448. The fourth-order valence-electron chi connectivity index (χ4n) is 1.50. The van der Waals surface area contributed by atoms with Gasteiger partial charge >= 0.3 is 0 Å². The Morgan fingerprint density at radius 1 is 1.47 bits per heavy atom. The summed E-state index contributed by atoms with van der Waals surface area (Å²) >= 11 is 0. The maximum absolute atomic E-state index is 11.5. The first-order chi connectivity index (χ1) is 7.01. The molecule has 0 saturated carbocycles. The summed E-state index contributed by atoms with van der Waals surface area (Å²) in [7, 11) is 0. The summed E-state index contributed by atoms with van der Waals surface area (Å²) < 4.78 is 0. The zero-order valence-corrected chi connectivity index (χ0v) is 9.99. The molecule has 0 aromatic rings. The molecule has 0 aromatic carbocycles. The van der Waals surface area contributed by atoms with E-state index >= 15 is 0 Å². The van der Waals surface area contributed by atoms with Crippen molar-refractivity contribution in [3.63, 3.8) is 0 Å². The fourth-order valence-corrected chi connectivity index (χ4v) is 1.50. The van der Waals surface area contributed by atoms with Crippen LogP contribution in [0.4, 0.5) is 0 Å². The van der Waals surface area contributed by atoms with Crippen LogP contribution in [0.25, 0.3) is 0 Å². The highest BCUT2D eigenvalue weighted by Gasteiger charge is 2.17. The average molecular weight is 216 g/mol. The zero-order chi connectivity index (χ0) is 11.8. The third-order valence-corrected chi connectivity index (χ3v) is 2.26. The monoisotopic (exact) mass is 216 g/mol. The number of amides is 1. The lowest BCUT2D eigenvalue weighted by atomic mass is 10.0. The summed E-state index contributed by atoms with van der Waals surface area (Å²) in [5.74, 6) is 0.293. The molecule has 4 nitrogen and oxygen atoms in total. The molecule has 0 aliphatic heterocycles. The van der Waals surface area contributed by atoms with E-state index in [0.29, 0.717) is 12.3 Å². The van der Waals surface area contributed by atoms with Crippen molar-refractivity contribution >= 4 is 5.91 Å². The van der Waals surface area contributed by atoms with Gasteiger partial charge in [0.15, 0.2) is 0 Å². The molecule has 0 saturated heterocycles. The number of hydrogen-bond acceptors (Lipinski definition) is 3. The minimum Gasteiger partial charge on any atom is -0.394 e. The van der Waals surface area contributed by atoms with E-state index < -0.39 is 6.04 Å². The Hall–Kier alpha value is -0.610. The van der Waals surface area contributed by atoms with E-state index in [-0.39, 0.29) is 18.6 Å². The van der Waals surface area contributed by atoms with Crippen LogP contribution in [0.2, 0.25) is 0 Å². The largest absolute Gasteiger partial charge is 0.394 e. The summed E-state index contributed by atoms with van der Waals surface area (Å²) in [4.78, 5) is 11.5. The van der Waals surface area contributed by atoms with Gasteiger partial charge in [-0.25, -0.2) is 0 Å². The van der Waals surface area contributed by atoms with Crippen molar-refractivity contribution < 1.29 is 9.90 Å². The smallest absolute Gasteiger partial charge is 0.237 e. The van der Waals surface area contributed by atoms with Gasteiger partial charge in [0.25, 0.3) is 0 Å². The lowest BCUT2D eigenvalue weighted by Gasteiger charge is -2.20. The molecule has 4 N–H and O–H groups in total. The lowest BCUT2D eigenvalue weighted by Crippen LogP contribution is -2.47. The summed E-state index contributed by atoms with van der Waals surface area (Å²) in [6.07, 6.45) is 2.36. The molecule has 2 atom stereocenters. The van der Waals surface area contributed by atoms with Gasteiger partial charge in [0, 0.05) is 0 Å². The lowest BCUT2D eigenvalue weighted by molar-refractivity contribution is -0.123. The van der Waals surface area contributed by atoms with Crippen molar-refractivity contribution in [2.75, 3.05) is 6.61 Å². The molecule has 4 heteroatoms. The molecule has 0 aliphatic rings. The molecule has 0 aliphatic carbocycles. The Morgan fingerprint density at radius 3 is 2.47 bits per heavy atom. The van der Waals surface area contributed by atoms with Gasteiger partial charge in [-0.05, 0) is 18.8 Å². The Kier molecular flexibility index (Phi) is 7.34. The van der Waals surface area contributed by atoms with Gasteiger partial charge in [0.1, 0.15) is 0 Å². The third kappa shape index (κ3) is 6.47. The predicted molar refractivity (Wildman–Crippen MR) is 61.4 cm³/mol. The highest BCUT2D eigenvalue weighted by molar-refractivity contribution is 5.81. The van der Waals surface area contributed by atoms with Crippen molar-refractivity contribution in [2.24, 2.45) is 11.7 Å². The van der Waals surface area contributed by atoms with E-state index in [1.807, 2.05) is 6.92 Å². The molecule has 0 heterocycles. The van der Waals surface area contributed by atoms with Gasteiger partial charge in [0.05, 0.1) is 18.7 Å². The van der Waals surface area contributed by atoms with Crippen LogP contribution >= 0.6 is 0 Å². The Bertz CT molecular complexity index is 183. The molecule has 0 bridgehead atoms. The van der Waals surface area contributed by atoms with Crippen LogP contribution in [0.5, 0.6) is 0 Å². The molecule has 0 radical (unpaired) electrons. The quantitative estimate of drug-likeness (QED) is 0.584. The molecular weight excluding hydrogens is 192 g/mol. The van der Waals surface area contributed by atoms with Gasteiger partial charge < -0.3 is 16.2 Å². The number of aliphatic hydroxyl groups is 1. The number of carbonyl (C=O) groups excluding carboxylic acids is 1. The van der Waals surface area contributed by atoms with Crippen molar-refractivity contribution in [1.29, 1.82) is 0 Å². The molecule has 0 rings (SSSR count). The first-order valence-electron chi connectivity index (χ1n) is 5.68. The Labute approximate surface area is 92.2 Å². The molecular formula is C11H24N2O2. The van der Waals surface area contributed by atoms with Gasteiger partial charge in [-0.3, -0.25) is 4.79 Å². The van der Waals surface area contributed by atoms with Gasteiger partial charge in [0.2, 0.25) is 5.91 Å². The van der Waals surface area contributed by atoms with E-state index in [9.17, 15) is 4.79 Å². The molecule has 0 aromatic heterocycles. The molecule has 1 amide bonds. The van der Waals surface area contributed by atoms with Crippen LogP contribution in [0.15, 0.2) is 0 Å². The van der Waals surface area contributed by atoms with E-state index in [4.69, 9.17) is 10.8 Å². The minimum absolute atomic E-state index is 0.0250. The average Bonchev–Trinajstić information content (AvgIpc) is 2.16. The van der Waals surface area contributed by atoms with Crippen LogP contribution in [0, 0.1) is 5.92 Å². The molecule has 1 unspecified atom stereocenters. The van der Waals surface area contributed by atoms with E-state index in [2.05, 4.69) is 19.2 Å². The molecule has 0 fully saturated rings. The molecule has 15 heavy (non-hydrogen) atoms. The van der Waals surface area contributed by atoms with E-state index in [1.165, 1.54) is 0 Å². The summed E-state index contributed by atoms with van der Waals surface area (Å²) in [6, 6.07) is -0.614. The fraction of sp³-hybridized carbons (Fsp3) is 0.909. The summed E-state index contributed by atoms with van der Waals surface area (Å²) in [5, 5.41) is 11.8. The van der Waals surface area contributed by atoms with Crippen molar-refractivity contribution in [2.45, 2.75) is 52.1 Å². The van der Waals surface area contributed by atoms with Crippen molar-refractivity contribution in [1.82, 2.24) is 5.32 Å². The van der Waals surface area contributed by atoms with Crippen LogP contribution in [-0.2, 0) is 4.79 Å². The predicted octanol–water partition coefficient (Wildman–Crippen LogP) is 0.637. The van der Waals surface area contributed by atoms with Gasteiger partial charge in [-0.2, -0.15) is 0 Å². The first kappa shape index (κ1) is 14.4. The topological polar surface area (TPSA) is 75.4 Å². The maximum Gasteiger partial charge on any atom is 0.237 e. The SMILES string of the molecule is CCC[C@@H](N)C(=O)NC(CO)CC(C)C. The van der Waals surface area contributed by atoms with E-state index in [0.717, 1.165) is 12.8 Å². The summed E-state index contributed by atoms with van der Waals surface area (Å²) in [5.41, 5.74) is 5.67. The number of nitrogens with two attached hydrogens (primary N) is 1. The number of hydrogen-bond donors (Lipinski definition) is 3. The highest BCUT2D eigenvalue weighted by atomic mass is 16.3. The zero-order valence-electron chi connectivity index (χ0n) is 9.99.